The topological polar surface area (TPSA) is 89.3 Å². The largest absolute Gasteiger partial charge is 0.319 e. The number of carbonyl (C=O) groups excluding carboxylic acids is 2. The van der Waals surface area contributed by atoms with Crippen molar-refractivity contribution in [1.29, 1.82) is 0 Å². The maximum Gasteiger partial charge on any atom is 0.294 e. The second-order valence-electron chi connectivity index (χ2n) is 3.82. The highest BCUT2D eigenvalue weighted by Crippen LogP contribution is 2.33. The monoisotopic (exact) mass is 314 g/mol. The molecule has 1 N–H and O–H groups in total. The highest BCUT2D eigenvalue weighted by Gasteiger charge is 2.20. The molecule has 0 saturated heterocycles. The van der Waals surface area contributed by atoms with Crippen LogP contribution in [0.5, 0.6) is 0 Å². The van der Waals surface area contributed by atoms with Gasteiger partial charge in [0.2, 0.25) is 5.91 Å². The smallest absolute Gasteiger partial charge is 0.294 e. The van der Waals surface area contributed by atoms with E-state index in [9.17, 15) is 19.7 Å². The molecule has 0 fully saturated rings. The summed E-state index contributed by atoms with van der Waals surface area (Å²) in [7, 11) is 0. The standard InChI is InChI=1S/C11H11BrN2O4/c1-6-3-8(12)11(9(4-6)14(17)18)13-10(16)5-7(2)15/h3-4H,5H2,1-2H3,(H,13,16). The van der Waals surface area contributed by atoms with E-state index in [1.807, 2.05) is 0 Å². The van der Waals surface area contributed by atoms with Gasteiger partial charge in [0.1, 0.15) is 11.5 Å². The number of hydrogen-bond acceptors (Lipinski definition) is 4. The van der Waals surface area contributed by atoms with Gasteiger partial charge in [0, 0.05) is 10.5 Å². The molecule has 0 aliphatic heterocycles. The van der Waals surface area contributed by atoms with E-state index in [2.05, 4.69) is 21.2 Å². The Kier molecular flexibility index (Phi) is 4.55. The van der Waals surface area contributed by atoms with Crippen molar-refractivity contribution in [3.63, 3.8) is 0 Å². The normalized spacial score (nSPS) is 9.94. The molecular weight excluding hydrogens is 304 g/mol. The summed E-state index contributed by atoms with van der Waals surface area (Å²) in [6.07, 6.45) is -0.308. The molecule has 0 aliphatic carbocycles. The first kappa shape index (κ1) is 14.3. The summed E-state index contributed by atoms with van der Waals surface area (Å²) in [4.78, 5) is 32.6. The van der Waals surface area contributed by atoms with E-state index in [-0.39, 0.29) is 23.6 Å². The van der Waals surface area contributed by atoms with Crippen molar-refractivity contribution in [2.24, 2.45) is 0 Å². The van der Waals surface area contributed by atoms with Gasteiger partial charge < -0.3 is 5.32 Å². The van der Waals surface area contributed by atoms with Crippen molar-refractivity contribution < 1.29 is 14.5 Å². The molecule has 0 bridgehead atoms. The molecule has 0 aliphatic rings. The number of amides is 1. The van der Waals surface area contributed by atoms with Gasteiger partial charge in [-0.15, -0.1) is 0 Å². The molecule has 18 heavy (non-hydrogen) atoms. The lowest BCUT2D eigenvalue weighted by atomic mass is 10.2. The molecule has 0 unspecified atom stereocenters. The summed E-state index contributed by atoms with van der Waals surface area (Å²) in [5.74, 6) is -0.881. The number of anilines is 1. The zero-order valence-electron chi connectivity index (χ0n) is 9.82. The second kappa shape index (κ2) is 5.72. The fourth-order valence-electron chi connectivity index (χ4n) is 1.40. The lowest BCUT2D eigenvalue weighted by Gasteiger charge is -2.08. The zero-order valence-corrected chi connectivity index (χ0v) is 11.4. The van der Waals surface area contributed by atoms with Crippen molar-refractivity contribution in [3.8, 4) is 0 Å². The number of ketones is 1. The molecule has 0 heterocycles. The van der Waals surface area contributed by atoms with E-state index in [0.29, 0.717) is 10.0 Å². The van der Waals surface area contributed by atoms with Crippen LogP contribution in [0.15, 0.2) is 16.6 Å². The molecule has 0 spiro atoms. The summed E-state index contributed by atoms with van der Waals surface area (Å²) >= 11 is 3.16. The number of nitro groups is 1. The molecule has 1 aromatic rings. The molecule has 0 atom stereocenters. The molecule has 1 aromatic carbocycles. The average molecular weight is 315 g/mol. The lowest BCUT2D eigenvalue weighted by Crippen LogP contribution is -2.16. The van der Waals surface area contributed by atoms with E-state index in [0.717, 1.165) is 0 Å². The fourth-order valence-corrected chi connectivity index (χ4v) is 2.06. The Balaban J connectivity index is 3.11. The van der Waals surface area contributed by atoms with Crippen molar-refractivity contribution >= 4 is 39.0 Å². The minimum absolute atomic E-state index is 0.0665. The first-order chi connectivity index (χ1) is 8.31. The van der Waals surface area contributed by atoms with Crippen molar-refractivity contribution in [2.45, 2.75) is 20.3 Å². The van der Waals surface area contributed by atoms with Crippen LogP contribution < -0.4 is 5.32 Å². The van der Waals surface area contributed by atoms with Gasteiger partial charge in [-0.25, -0.2) is 0 Å². The number of aryl methyl sites for hydroxylation is 1. The summed E-state index contributed by atoms with van der Waals surface area (Å²) in [6, 6.07) is 3.00. The van der Waals surface area contributed by atoms with Crippen LogP contribution in [0.2, 0.25) is 0 Å². The van der Waals surface area contributed by atoms with Gasteiger partial charge in [-0.05, 0) is 41.4 Å². The molecule has 0 aromatic heterocycles. The first-order valence-corrected chi connectivity index (χ1v) is 5.84. The summed E-state index contributed by atoms with van der Waals surface area (Å²) in [6.45, 7) is 2.98. The van der Waals surface area contributed by atoms with Crippen LogP contribution in [0.25, 0.3) is 0 Å². The Morgan fingerprint density at radius 3 is 2.56 bits per heavy atom. The minimum atomic E-state index is -0.582. The fraction of sp³-hybridized carbons (Fsp3) is 0.273. The Morgan fingerprint density at radius 2 is 2.06 bits per heavy atom. The molecular formula is C11H11BrN2O4. The molecule has 96 valence electrons. The van der Waals surface area contributed by atoms with Crippen molar-refractivity contribution in [1.82, 2.24) is 0 Å². The Hall–Kier alpha value is -1.76. The van der Waals surface area contributed by atoms with Gasteiger partial charge >= 0.3 is 0 Å². The highest BCUT2D eigenvalue weighted by molar-refractivity contribution is 9.10. The number of Topliss-reactive ketones (excluding diaryl/α,β-unsaturated/α-hetero) is 1. The van der Waals surface area contributed by atoms with Crippen LogP contribution in [0.4, 0.5) is 11.4 Å². The minimum Gasteiger partial charge on any atom is -0.319 e. The molecule has 0 radical (unpaired) electrons. The van der Waals surface area contributed by atoms with Crippen molar-refractivity contribution in [2.75, 3.05) is 5.32 Å². The third-order valence-electron chi connectivity index (χ3n) is 2.08. The molecule has 0 saturated carbocycles. The number of halogens is 1. The van der Waals surface area contributed by atoms with Gasteiger partial charge in [-0.2, -0.15) is 0 Å². The highest BCUT2D eigenvalue weighted by atomic mass is 79.9. The van der Waals surface area contributed by atoms with Crippen LogP contribution in [0.1, 0.15) is 18.9 Å². The first-order valence-electron chi connectivity index (χ1n) is 5.05. The molecule has 1 amide bonds. The van der Waals surface area contributed by atoms with Crippen LogP contribution in [0.3, 0.4) is 0 Å². The van der Waals surface area contributed by atoms with Gasteiger partial charge in [-0.3, -0.25) is 19.7 Å². The van der Waals surface area contributed by atoms with Crippen LogP contribution in [-0.4, -0.2) is 16.6 Å². The van der Waals surface area contributed by atoms with E-state index < -0.39 is 10.8 Å². The molecule has 1 rings (SSSR count). The summed E-state index contributed by atoms with van der Waals surface area (Å²) < 4.78 is 0.408. The maximum atomic E-state index is 11.5. The number of nitro benzene ring substituents is 1. The number of carbonyl (C=O) groups is 2. The molecule has 6 nitrogen and oxygen atoms in total. The van der Waals surface area contributed by atoms with Gasteiger partial charge in [0.25, 0.3) is 5.69 Å². The van der Waals surface area contributed by atoms with Gasteiger partial charge in [0.05, 0.1) is 11.3 Å². The Labute approximate surface area is 112 Å². The third kappa shape index (κ3) is 3.63. The number of nitrogens with zero attached hydrogens (tertiary/aromatic N) is 1. The third-order valence-corrected chi connectivity index (χ3v) is 2.71. The van der Waals surface area contributed by atoms with Crippen LogP contribution in [-0.2, 0) is 9.59 Å². The SMILES string of the molecule is CC(=O)CC(=O)Nc1c(Br)cc(C)cc1[N+](=O)[O-]. The van der Waals surface area contributed by atoms with E-state index in [1.165, 1.54) is 13.0 Å². The molecule has 7 heteroatoms. The predicted octanol–water partition coefficient (Wildman–Crippen LogP) is 2.58. The quantitative estimate of drug-likeness (QED) is 0.525. The van der Waals surface area contributed by atoms with Crippen molar-refractivity contribution in [3.05, 3.63) is 32.3 Å². The number of benzene rings is 1. The maximum absolute atomic E-state index is 11.5. The zero-order chi connectivity index (χ0) is 13.9. The number of rotatable bonds is 4. The van der Waals surface area contributed by atoms with Crippen LogP contribution >= 0.6 is 15.9 Å². The predicted molar refractivity (Wildman–Crippen MR) is 69.5 cm³/mol. The Bertz CT molecular complexity index is 528. The Morgan fingerprint density at radius 1 is 1.44 bits per heavy atom. The summed E-state index contributed by atoms with van der Waals surface area (Å²) in [5.41, 5.74) is 0.550. The van der Waals surface area contributed by atoms with E-state index in [4.69, 9.17) is 0 Å². The van der Waals surface area contributed by atoms with E-state index >= 15 is 0 Å². The average Bonchev–Trinajstić information content (AvgIpc) is 2.20. The van der Waals surface area contributed by atoms with Gasteiger partial charge in [-0.1, -0.05) is 0 Å². The van der Waals surface area contributed by atoms with Gasteiger partial charge in [0.15, 0.2) is 0 Å². The van der Waals surface area contributed by atoms with E-state index in [1.54, 1.807) is 13.0 Å². The lowest BCUT2D eigenvalue weighted by molar-refractivity contribution is -0.384. The number of nitrogens with one attached hydrogen (secondary N) is 1. The number of hydrogen-bond donors (Lipinski definition) is 1. The summed E-state index contributed by atoms with van der Waals surface area (Å²) in [5, 5.41) is 13.3. The second-order valence-corrected chi connectivity index (χ2v) is 4.68. The van der Waals surface area contributed by atoms with Crippen LogP contribution in [0, 0.1) is 17.0 Å².